The number of nitrogens with zero attached hydrogens (tertiary/aromatic N) is 1. The summed E-state index contributed by atoms with van der Waals surface area (Å²) in [4.78, 5) is 4.18. The van der Waals surface area contributed by atoms with E-state index in [4.69, 9.17) is 0 Å². The van der Waals surface area contributed by atoms with E-state index >= 15 is 0 Å². The third-order valence-corrected chi connectivity index (χ3v) is 3.39. The number of hydrogen-bond acceptors (Lipinski definition) is 3. The number of nitrogens with one attached hydrogen (secondary N) is 1. The van der Waals surface area contributed by atoms with Gasteiger partial charge in [-0.3, -0.25) is 4.98 Å². The topological polar surface area (TPSA) is 45.2 Å². The average molecular weight is 220 g/mol. The third kappa shape index (κ3) is 2.80. The summed E-state index contributed by atoms with van der Waals surface area (Å²) in [5.74, 6) is 0.442. The Hall–Kier alpha value is -0.930. The monoisotopic (exact) mass is 220 g/mol. The highest BCUT2D eigenvalue weighted by Gasteiger charge is 2.25. The van der Waals surface area contributed by atoms with E-state index < -0.39 is 0 Å². The fraction of sp³-hybridized carbons (Fsp3) is 0.615. The van der Waals surface area contributed by atoms with E-state index in [1.165, 1.54) is 24.0 Å². The van der Waals surface area contributed by atoms with E-state index in [2.05, 4.69) is 23.3 Å². The smallest absolute Gasteiger partial charge is 0.0474 e. The molecule has 0 aliphatic heterocycles. The highest BCUT2D eigenvalue weighted by atomic mass is 16.3. The summed E-state index contributed by atoms with van der Waals surface area (Å²) in [6.07, 6.45) is 7.35. The number of hydrogen-bond donors (Lipinski definition) is 2. The van der Waals surface area contributed by atoms with Crippen LogP contribution < -0.4 is 5.32 Å². The van der Waals surface area contributed by atoms with Gasteiger partial charge >= 0.3 is 0 Å². The Balaban J connectivity index is 1.87. The molecule has 0 radical (unpaired) electrons. The molecule has 1 aliphatic rings. The largest absolute Gasteiger partial charge is 0.396 e. The first-order chi connectivity index (χ1) is 7.79. The molecule has 0 amide bonds. The van der Waals surface area contributed by atoms with Crippen LogP contribution in [0.2, 0.25) is 0 Å². The molecule has 1 aliphatic carbocycles. The van der Waals surface area contributed by atoms with Crippen LogP contribution in [0.3, 0.4) is 0 Å². The Morgan fingerprint density at radius 1 is 1.44 bits per heavy atom. The van der Waals surface area contributed by atoms with Crippen molar-refractivity contribution in [3.8, 4) is 0 Å². The standard InChI is InChI=1S/C13H20N2O/c1-10-5-11(7-14-6-10)8-15-13-4-2-3-12(13)9-16/h5-7,12-13,15-16H,2-4,8-9H2,1H3. The van der Waals surface area contributed by atoms with Gasteiger partial charge in [0.2, 0.25) is 0 Å². The van der Waals surface area contributed by atoms with Gasteiger partial charge in [-0.15, -0.1) is 0 Å². The van der Waals surface area contributed by atoms with Crippen molar-refractivity contribution in [1.82, 2.24) is 10.3 Å². The Morgan fingerprint density at radius 2 is 2.31 bits per heavy atom. The summed E-state index contributed by atoms with van der Waals surface area (Å²) in [5, 5.41) is 12.8. The van der Waals surface area contributed by atoms with E-state index in [1.807, 2.05) is 12.4 Å². The predicted octanol–water partition coefficient (Wildman–Crippen LogP) is 1.64. The summed E-state index contributed by atoms with van der Waals surface area (Å²) in [5.41, 5.74) is 2.42. The predicted molar refractivity (Wildman–Crippen MR) is 64.0 cm³/mol. The molecule has 0 aromatic carbocycles. The van der Waals surface area contributed by atoms with E-state index in [9.17, 15) is 5.11 Å². The maximum absolute atomic E-state index is 9.23. The zero-order valence-corrected chi connectivity index (χ0v) is 9.82. The lowest BCUT2D eigenvalue weighted by Gasteiger charge is -2.19. The summed E-state index contributed by atoms with van der Waals surface area (Å²) in [7, 11) is 0. The molecular weight excluding hydrogens is 200 g/mol. The average Bonchev–Trinajstić information content (AvgIpc) is 2.74. The molecule has 2 N–H and O–H groups in total. The first kappa shape index (κ1) is 11.6. The SMILES string of the molecule is Cc1cncc(CNC2CCCC2CO)c1. The first-order valence-electron chi connectivity index (χ1n) is 6.04. The molecule has 3 heteroatoms. The fourth-order valence-corrected chi connectivity index (χ4v) is 2.49. The lowest BCUT2D eigenvalue weighted by molar-refractivity contribution is 0.205. The van der Waals surface area contributed by atoms with Gasteiger partial charge in [0.15, 0.2) is 0 Å². The number of aryl methyl sites for hydroxylation is 1. The highest BCUT2D eigenvalue weighted by molar-refractivity contribution is 5.16. The van der Waals surface area contributed by atoms with Crippen LogP contribution in [0, 0.1) is 12.8 Å². The maximum atomic E-state index is 9.23. The van der Waals surface area contributed by atoms with Gasteiger partial charge < -0.3 is 10.4 Å². The Kier molecular flexibility index (Phi) is 3.91. The molecule has 1 fully saturated rings. The van der Waals surface area contributed by atoms with Gasteiger partial charge in [-0.05, 0) is 36.8 Å². The van der Waals surface area contributed by atoms with Crippen molar-refractivity contribution < 1.29 is 5.11 Å². The van der Waals surface area contributed by atoms with Crippen LogP contribution in [-0.2, 0) is 6.54 Å². The number of aromatic nitrogens is 1. The molecule has 3 nitrogen and oxygen atoms in total. The molecule has 0 bridgehead atoms. The van der Waals surface area contributed by atoms with Gasteiger partial charge in [0.1, 0.15) is 0 Å². The van der Waals surface area contributed by atoms with Crippen LogP contribution in [0.1, 0.15) is 30.4 Å². The molecule has 16 heavy (non-hydrogen) atoms. The highest BCUT2D eigenvalue weighted by Crippen LogP contribution is 2.25. The second-order valence-electron chi connectivity index (χ2n) is 4.73. The summed E-state index contributed by atoms with van der Waals surface area (Å²) >= 11 is 0. The minimum Gasteiger partial charge on any atom is -0.396 e. The zero-order valence-electron chi connectivity index (χ0n) is 9.82. The van der Waals surface area contributed by atoms with Crippen LogP contribution in [0.4, 0.5) is 0 Å². The van der Waals surface area contributed by atoms with Crippen LogP contribution in [0.15, 0.2) is 18.5 Å². The van der Waals surface area contributed by atoms with E-state index in [-0.39, 0.29) is 0 Å². The Bertz CT molecular complexity index is 340. The van der Waals surface area contributed by atoms with Gasteiger partial charge in [0.25, 0.3) is 0 Å². The molecule has 1 heterocycles. The molecule has 1 saturated carbocycles. The molecule has 0 spiro atoms. The maximum Gasteiger partial charge on any atom is 0.0474 e. The fourth-order valence-electron chi connectivity index (χ4n) is 2.49. The van der Waals surface area contributed by atoms with E-state index in [0.717, 1.165) is 13.0 Å². The minimum absolute atomic E-state index is 0.309. The molecule has 2 rings (SSSR count). The molecule has 2 unspecified atom stereocenters. The lowest BCUT2D eigenvalue weighted by atomic mass is 10.0. The Labute approximate surface area is 96.9 Å². The summed E-state index contributed by atoms with van der Waals surface area (Å²) < 4.78 is 0. The Morgan fingerprint density at radius 3 is 3.06 bits per heavy atom. The number of aliphatic hydroxyl groups is 1. The van der Waals surface area contributed by atoms with Crippen molar-refractivity contribution in [3.05, 3.63) is 29.6 Å². The van der Waals surface area contributed by atoms with Crippen molar-refractivity contribution in [2.75, 3.05) is 6.61 Å². The van der Waals surface area contributed by atoms with Crippen LogP contribution in [0.5, 0.6) is 0 Å². The molecule has 2 atom stereocenters. The van der Waals surface area contributed by atoms with Crippen molar-refractivity contribution in [3.63, 3.8) is 0 Å². The van der Waals surface area contributed by atoms with Gasteiger partial charge in [-0.25, -0.2) is 0 Å². The zero-order chi connectivity index (χ0) is 11.4. The first-order valence-corrected chi connectivity index (χ1v) is 6.04. The van der Waals surface area contributed by atoms with Gasteiger partial charge in [-0.1, -0.05) is 12.5 Å². The van der Waals surface area contributed by atoms with E-state index in [0.29, 0.717) is 18.6 Å². The molecule has 1 aromatic heterocycles. The van der Waals surface area contributed by atoms with Crippen LogP contribution in [0.25, 0.3) is 0 Å². The number of pyridine rings is 1. The van der Waals surface area contributed by atoms with Crippen molar-refractivity contribution in [1.29, 1.82) is 0 Å². The molecule has 1 aromatic rings. The second kappa shape index (κ2) is 5.41. The van der Waals surface area contributed by atoms with Crippen LogP contribution in [-0.4, -0.2) is 22.7 Å². The normalized spacial score (nSPS) is 24.9. The van der Waals surface area contributed by atoms with Crippen LogP contribution >= 0.6 is 0 Å². The summed E-state index contributed by atoms with van der Waals surface area (Å²) in [6, 6.07) is 2.63. The van der Waals surface area contributed by atoms with Gasteiger partial charge in [0.05, 0.1) is 0 Å². The minimum atomic E-state index is 0.309. The third-order valence-electron chi connectivity index (χ3n) is 3.39. The van der Waals surface area contributed by atoms with E-state index in [1.54, 1.807) is 0 Å². The lowest BCUT2D eigenvalue weighted by Crippen LogP contribution is -2.33. The number of rotatable bonds is 4. The van der Waals surface area contributed by atoms with Crippen molar-refractivity contribution >= 4 is 0 Å². The number of aliphatic hydroxyl groups excluding tert-OH is 1. The van der Waals surface area contributed by atoms with Gasteiger partial charge in [-0.2, -0.15) is 0 Å². The van der Waals surface area contributed by atoms with Crippen molar-refractivity contribution in [2.24, 2.45) is 5.92 Å². The van der Waals surface area contributed by atoms with Gasteiger partial charge in [0, 0.05) is 31.6 Å². The molecule has 0 saturated heterocycles. The quantitative estimate of drug-likeness (QED) is 0.811. The van der Waals surface area contributed by atoms with Crippen molar-refractivity contribution in [2.45, 2.75) is 38.8 Å². The summed E-state index contributed by atoms with van der Waals surface area (Å²) in [6.45, 7) is 3.22. The second-order valence-corrected chi connectivity index (χ2v) is 4.73. The molecular formula is C13H20N2O. The molecule has 88 valence electrons.